The van der Waals surface area contributed by atoms with Crippen molar-refractivity contribution in [3.8, 4) is 0 Å². The van der Waals surface area contributed by atoms with E-state index in [2.05, 4.69) is 33.9 Å². The number of guanidine groups is 1. The van der Waals surface area contributed by atoms with Gasteiger partial charge in [0.05, 0.1) is 6.04 Å². The van der Waals surface area contributed by atoms with Crippen LogP contribution in [0.3, 0.4) is 0 Å². The lowest BCUT2D eigenvalue weighted by atomic mass is 10.0. The van der Waals surface area contributed by atoms with Gasteiger partial charge in [0.2, 0.25) is 5.91 Å². The zero-order chi connectivity index (χ0) is 18.9. The molecule has 7 heteroatoms. The number of likely N-dealkylation sites (tertiary alicyclic amines) is 1. The van der Waals surface area contributed by atoms with Crippen molar-refractivity contribution in [2.45, 2.75) is 58.4 Å². The predicted molar refractivity (Wildman–Crippen MR) is 124 cm³/mol. The van der Waals surface area contributed by atoms with Crippen molar-refractivity contribution in [1.29, 1.82) is 0 Å². The van der Waals surface area contributed by atoms with Gasteiger partial charge in [0.1, 0.15) is 0 Å². The first kappa shape index (κ1) is 22.1. The molecule has 6 nitrogen and oxygen atoms in total. The van der Waals surface area contributed by atoms with Crippen LogP contribution >= 0.6 is 24.0 Å². The number of piperazine rings is 1. The Balaban J connectivity index is 0.00000225. The van der Waals surface area contributed by atoms with Crippen molar-refractivity contribution < 1.29 is 4.79 Å². The Labute approximate surface area is 187 Å². The van der Waals surface area contributed by atoms with Gasteiger partial charge in [-0.05, 0) is 63.7 Å². The molecule has 160 valence electrons. The molecule has 2 saturated heterocycles. The number of hydrogen-bond acceptors (Lipinski definition) is 3. The fraction of sp³-hybridized carbons (Fsp3) is 0.905. The number of nitrogens with zero attached hydrogens (tertiary/aromatic N) is 4. The third-order valence-electron chi connectivity index (χ3n) is 7.15. The number of carbonyl (C=O) groups is 1. The van der Waals surface area contributed by atoms with Gasteiger partial charge < -0.3 is 15.1 Å². The molecule has 1 atom stereocenters. The second kappa shape index (κ2) is 9.49. The molecular weight excluding hydrogens is 465 g/mol. The van der Waals surface area contributed by atoms with Crippen molar-refractivity contribution in [3.63, 3.8) is 0 Å². The minimum Gasteiger partial charge on any atom is -0.357 e. The number of aliphatic imine (C=N–C) groups is 1. The smallest absolute Gasteiger partial charge is 0.239 e. The summed E-state index contributed by atoms with van der Waals surface area (Å²) >= 11 is 0. The highest BCUT2D eigenvalue weighted by Crippen LogP contribution is 2.61. The molecule has 2 saturated carbocycles. The largest absolute Gasteiger partial charge is 0.357 e. The lowest BCUT2D eigenvalue weighted by molar-refractivity contribution is -0.135. The van der Waals surface area contributed by atoms with Crippen LogP contribution in [0.15, 0.2) is 4.99 Å². The maximum Gasteiger partial charge on any atom is 0.239 e. The summed E-state index contributed by atoms with van der Waals surface area (Å²) in [6.07, 6.45) is 7.94. The molecule has 2 aliphatic carbocycles. The molecule has 4 aliphatic rings. The summed E-state index contributed by atoms with van der Waals surface area (Å²) in [7, 11) is 0. The van der Waals surface area contributed by atoms with Crippen LogP contribution in [0.2, 0.25) is 0 Å². The van der Waals surface area contributed by atoms with Crippen molar-refractivity contribution in [2.75, 3.05) is 52.4 Å². The fourth-order valence-electron chi connectivity index (χ4n) is 4.89. The van der Waals surface area contributed by atoms with Crippen molar-refractivity contribution in [3.05, 3.63) is 0 Å². The first-order valence-corrected chi connectivity index (χ1v) is 11.2. The van der Waals surface area contributed by atoms with Crippen molar-refractivity contribution in [1.82, 2.24) is 20.0 Å². The topological polar surface area (TPSA) is 51.2 Å². The van der Waals surface area contributed by atoms with E-state index in [1.54, 1.807) is 0 Å². The van der Waals surface area contributed by atoms with Crippen molar-refractivity contribution in [2.24, 2.45) is 16.3 Å². The Kier molecular flexibility index (Phi) is 7.50. The SMILES string of the molecule is CCNC(=NCC1(C2CC2)CC1)N1CCN(C(C)C(=O)N2CCCC2)CC1.I. The molecule has 1 unspecified atom stereocenters. The van der Waals surface area contributed by atoms with Crippen LogP contribution in [0.25, 0.3) is 0 Å². The van der Waals surface area contributed by atoms with Gasteiger partial charge in [0.15, 0.2) is 5.96 Å². The molecule has 1 amide bonds. The van der Waals surface area contributed by atoms with Gasteiger partial charge in [0.25, 0.3) is 0 Å². The Morgan fingerprint density at radius 1 is 1.07 bits per heavy atom. The van der Waals surface area contributed by atoms with E-state index in [1.165, 1.54) is 25.7 Å². The lowest BCUT2D eigenvalue weighted by Crippen LogP contribution is -2.57. The van der Waals surface area contributed by atoms with Gasteiger partial charge in [-0.1, -0.05) is 0 Å². The maximum absolute atomic E-state index is 12.7. The average molecular weight is 503 g/mol. The third kappa shape index (κ3) is 4.94. The van der Waals surface area contributed by atoms with Gasteiger partial charge in [0, 0.05) is 52.4 Å². The molecule has 0 bridgehead atoms. The molecule has 0 spiro atoms. The van der Waals surface area contributed by atoms with Gasteiger partial charge >= 0.3 is 0 Å². The molecule has 0 aromatic rings. The fourth-order valence-corrected chi connectivity index (χ4v) is 4.89. The van der Waals surface area contributed by atoms with Gasteiger partial charge in [-0.25, -0.2) is 0 Å². The minimum atomic E-state index is 0. The quantitative estimate of drug-likeness (QED) is 0.344. The second-order valence-electron chi connectivity index (χ2n) is 9.04. The van der Waals surface area contributed by atoms with Crippen LogP contribution in [0.4, 0.5) is 0 Å². The van der Waals surface area contributed by atoms with E-state index < -0.39 is 0 Å². The highest BCUT2D eigenvalue weighted by Gasteiger charge is 2.53. The normalized spacial score (nSPS) is 26.0. The zero-order valence-electron chi connectivity index (χ0n) is 17.7. The minimum absolute atomic E-state index is 0. The molecule has 0 aromatic heterocycles. The Morgan fingerprint density at radius 3 is 2.25 bits per heavy atom. The standard InChI is InChI=1S/C21H37N5O.HI/c1-3-22-20(23-16-21(8-9-21)18-6-7-18)26-14-12-24(13-15-26)17(2)19(27)25-10-4-5-11-25;/h17-18H,3-16H2,1-2H3,(H,22,23);1H. The third-order valence-corrected chi connectivity index (χ3v) is 7.15. The summed E-state index contributed by atoms with van der Waals surface area (Å²) < 4.78 is 0. The molecule has 1 N–H and O–H groups in total. The first-order chi connectivity index (χ1) is 13.1. The summed E-state index contributed by atoms with van der Waals surface area (Å²) in [5.41, 5.74) is 0.555. The summed E-state index contributed by atoms with van der Waals surface area (Å²) in [5.74, 6) is 2.36. The average Bonchev–Trinajstić information content (AvgIpc) is 3.62. The summed E-state index contributed by atoms with van der Waals surface area (Å²) in [5, 5.41) is 3.51. The van der Waals surface area contributed by atoms with E-state index in [4.69, 9.17) is 4.99 Å². The number of rotatable bonds is 6. The maximum atomic E-state index is 12.7. The molecule has 28 heavy (non-hydrogen) atoms. The lowest BCUT2D eigenvalue weighted by Gasteiger charge is -2.39. The van der Waals surface area contributed by atoms with E-state index in [0.29, 0.717) is 11.3 Å². The van der Waals surface area contributed by atoms with E-state index >= 15 is 0 Å². The van der Waals surface area contributed by atoms with Gasteiger partial charge in [-0.3, -0.25) is 14.7 Å². The van der Waals surface area contributed by atoms with Crippen LogP contribution in [-0.2, 0) is 4.79 Å². The molecule has 4 fully saturated rings. The number of halogens is 1. The molecule has 4 rings (SSSR count). The van der Waals surface area contributed by atoms with Crippen LogP contribution in [0.5, 0.6) is 0 Å². The van der Waals surface area contributed by atoms with Crippen molar-refractivity contribution >= 4 is 35.8 Å². The van der Waals surface area contributed by atoms with Crippen LogP contribution < -0.4 is 5.32 Å². The predicted octanol–water partition coefficient (Wildman–Crippen LogP) is 2.39. The van der Waals surface area contributed by atoms with E-state index in [-0.39, 0.29) is 30.0 Å². The Hall–Kier alpha value is -0.570. The zero-order valence-corrected chi connectivity index (χ0v) is 20.0. The molecule has 2 aliphatic heterocycles. The monoisotopic (exact) mass is 503 g/mol. The van der Waals surface area contributed by atoms with Crippen LogP contribution in [-0.4, -0.2) is 85.0 Å². The number of hydrogen-bond donors (Lipinski definition) is 1. The Morgan fingerprint density at radius 2 is 1.71 bits per heavy atom. The number of nitrogens with one attached hydrogen (secondary N) is 1. The summed E-state index contributed by atoms with van der Waals surface area (Å²) in [6.45, 7) is 11.9. The van der Waals surface area contributed by atoms with Crippen LogP contribution in [0.1, 0.15) is 52.4 Å². The second-order valence-corrected chi connectivity index (χ2v) is 9.04. The number of amides is 1. The highest BCUT2D eigenvalue weighted by atomic mass is 127. The van der Waals surface area contributed by atoms with Gasteiger partial charge in [-0.15, -0.1) is 24.0 Å². The highest BCUT2D eigenvalue weighted by molar-refractivity contribution is 14.0. The summed E-state index contributed by atoms with van der Waals surface area (Å²) in [6, 6.07) is 0.00868. The van der Waals surface area contributed by atoms with E-state index in [0.717, 1.165) is 77.1 Å². The first-order valence-electron chi connectivity index (χ1n) is 11.2. The number of carbonyl (C=O) groups excluding carboxylic acids is 1. The molecule has 2 heterocycles. The van der Waals surface area contributed by atoms with E-state index in [1.807, 2.05) is 0 Å². The van der Waals surface area contributed by atoms with Crippen LogP contribution in [0, 0.1) is 11.3 Å². The van der Waals surface area contributed by atoms with Gasteiger partial charge in [-0.2, -0.15) is 0 Å². The van der Waals surface area contributed by atoms with E-state index in [9.17, 15) is 4.79 Å². The molecular formula is C21H38IN5O. The summed E-state index contributed by atoms with van der Waals surface area (Å²) in [4.78, 5) is 24.5. The molecule has 0 aromatic carbocycles. The molecule has 0 radical (unpaired) electrons. The Bertz CT molecular complexity index is 561.